The number of halogens is 1. The minimum Gasteiger partial charge on any atom is -0.461 e. The van der Waals surface area contributed by atoms with Gasteiger partial charge in [-0.25, -0.2) is 4.79 Å². The fourth-order valence-electron chi connectivity index (χ4n) is 4.82. The summed E-state index contributed by atoms with van der Waals surface area (Å²) in [6, 6.07) is 5.60. The summed E-state index contributed by atoms with van der Waals surface area (Å²) in [7, 11) is 1.54. The lowest BCUT2D eigenvalue weighted by Crippen LogP contribution is -2.61. The van der Waals surface area contributed by atoms with E-state index < -0.39 is 41.9 Å². The molecule has 0 bridgehead atoms. The van der Waals surface area contributed by atoms with Crippen molar-refractivity contribution < 1.29 is 34.0 Å². The van der Waals surface area contributed by atoms with E-state index in [9.17, 15) is 19.8 Å². The molecule has 2 aliphatic rings. The van der Waals surface area contributed by atoms with Crippen LogP contribution in [-0.2, 0) is 19.0 Å². The van der Waals surface area contributed by atoms with Crippen LogP contribution in [0.15, 0.2) is 24.3 Å². The summed E-state index contributed by atoms with van der Waals surface area (Å²) in [5.74, 6) is 0.212. The van der Waals surface area contributed by atoms with E-state index in [0.29, 0.717) is 22.3 Å². The summed E-state index contributed by atoms with van der Waals surface area (Å²) in [6.45, 7) is 4.87. The molecule has 3 rings (SSSR count). The Kier molecular flexibility index (Phi) is 12.0. The van der Waals surface area contributed by atoms with E-state index in [1.165, 1.54) is 17.8 Å². The highest BCUT2D eigenvalue weighted by atomic mass is 35.5. The number of aliphatic hydroxyl groups excluding tert-OH is 2. The van der Waals surface area contributed by atoms with Crippen LogP contribution in [-0.4, -0.2) is 90.0 Å². The molecule has 4 N–H and O–H groups in total. The summed E-state index contributed by atoms with van der Waals surface area (Å²) in [5.41, 5.74) is -0.306. The number of carbonyl (C=O) groups is 2. The average molecular weight is 559 g/mol. The number of hydrogen-bond donors (Lipinski definition) is 4. The number of methoxy groups -OCH3 is 1. The summed E-state index contributed by atoms with van der Waals surface area (Å²) < 4.78 is 16.9. The molecular formula is C26H39ClN2O7S. The van der Waals surface area contributed by atoms with Crippen LogP contribution < -0.4 is 10.6 Å². The first kappa shape index (κ1) is 30.1. The van der Waals surface area contributed by atoms with Crippen molar-refractivity contribution in [2.24, 2.45) is 5.92 Å². The smallest absolute Gasteiger partial charge is 0.338 e. The molecule has 1 amide bonds. The van der Waals surface area contributed by atoms with E-state index in [1.807, 2.05) is 6.92 Å². The quantitative estimate of drug-likeness (QED) is 0.226. The fourth-order valence-corrected chi connectivity index (χ4v) is 5.96. The van der Waals surface area contributed by atoms with Crippen LogP contribution in [0.2, 0.25) is 5.02 Å². The van der Waals surface area contributed by atoms with Crippen LogP contribution in [0.5, 0.6) is 0 Å². The Morgan fingerprint density at radius 2 is 2.08 bits per heavy atom. The molecule has 1 aromatic carbocycles. The van der Waals surface area contributed by atoms with Gasteiger partial charge in [0.2, 0.25) is 5.91 Å². The number of benzene rings is 1. The van der Waals surface area contributed by atoms with Gasteiger partial charge < -0.3 is 35.1 Å². The Morgan fingerprint density at radius 3 is 2.78 bits per heavy atom. The molecule has 0 spiro atoms. The van der Waals surface area contributed by atoms with E-state index >= 15 is 0 Å². The van der Waals surface area contributed by atoms with Gasteiger partial charge in [0, 0.05) is 24.3 Å². The van der Waals surface area contributed by atoms with Crippen LogP contribution in [0.3, 0.4) is 0 Å². The lowest BCUT2D eigenvalue weighted by molar-refractivity contribution is -0.163. The summed E-state index contributed by atoms with van der Waals surface area (Å²) in [6.07, 6.45) is -0.101. The molecule has 0 aromatic heterocycles. The number of thioether (sulfide) groups is 1. The first-order valence-corrected chi connectivity index (χ1v) is 14.3. The van der Waals surface area contributed by atoms with Crippen LogP contribution >= 0.6 is 23.4 Å². The highest BCUT2D eigenvalue weighted by Gasteiger charge is 2.44. The molecule has 37 heavy (non-hydrogen) atoms. The van der Waals surface area contributed by atoms with Gasteiger partial charge in [-0.2, -0.15) is 0 Å². The Hall–Kier alpha value is -1.40. The van der Waals surface area contributed by atoms with Crippen molar-refractivity contribution in [3.05, 3.63) is 34.9 Å². The third-order valence-corrected chi connectivity index (χ3v) is 8.29. The predicted octanol–water partition coefficient (Wildman–Crippen LogP) is 2.36. The maximum Gasteiger partial charge on any atom is 0.338 e. The Balaban J connectivity index is 1.55. The Bertz CT molecular complexity index is 894. The van der Waals surface area contributed by atoms with E-state index in [4.69, 9.17) is 25.8 Å². The van der Waals surface area contributed by atoms with Crippen LogP contribution in [0.4, 0.5) is 0 Å². The largest absolute Gasteiger partial charge is 0.461 e. The summed E-state index contributed by atoms with van der Waals surface area (Å²) >= 11 is 7.21. The second-order valence-corrected chi connectivity index (χ2v) is 11.3. The average Bonchev–Trinajstić information content (AvgIpc) is 3.35. The van der Waals surface area contributed by atoms with E-state index in [2.05, 4.69) is 17.6 Å². The van der Waals surface area contributed by atoms with Crippen molar-refractivity contribution in [3.63, 3.8) is 0 Å². The van der Waals surface area contributed by atoms with Gasteiger partial charge >= 0.3 is 5.97 Å². The second-order valence-electron chi connectivity index (χ2n) is 9.68. The molecular weight excluding hydrogens is 520 g/mol. The number of ether oxygens (including phenoxy) is 3. The lowest BCUT2D eigenvalue weighted by Gasteiger charge is -2.42. The van der Waals surface area contributed by atoms with Gasteiger partial charge in [0.25, 0.3) is 0 Å². The van der Waals surface area contributed by atoms with Crippen LogP contribution in [0.1, 0.15) is 49.9 Å². The van der Waals surface area contributed by atoms with Gasteiger partial charge in [-0.15, -0.1) is 11.8 Å². The first-order chi connectivity index (χ1) is 17.7. The number of hydrogen-bond acceptors (Lipinski definition) is 9. The number of amides is 1. The van der Waals surface area contributed by atoms with Crippen molar-refractivity contribution in [3.8, 4) is 0 Å². The normalized spacial score (nSPS) is 29.5. The molecule has 2 saturated heterocycles. The van der Waals surface area contributed by atoms with Crippen LogP contribution in [0, 0.1) is 5.92 Å². The van der Waals surface area contributed by atoms with Crippen molar-refractivity contribution in [2.75, 3.05) is 26.0 Å². The van der Waals surface area contributed by atoms with E-state index in [-0.39, 0.29) is 25.0 Å². The molecule has 9 nitrogen and oxygen atoms in total. The summed E-state index contributed by atoms with van der Waals surface area (Å²) in [5, 5.41) is 28.1. The molecule has 2 heterocycles. The van der Waals surface area contributed by atoms with Gasteiger partial charge in [-0.1, -0.05) is 31.0 Å². The Morgan fingerprint density at radius 1 is 1.30 bits per heavy atom. The maximum absolute atomic E-state index is 13.1. The highest BCUT2D eigenvalue weighted by Crippen LogP contribution is 2.31. The topological polar surface area (TPSA) is 126 Å². The lowest BCUT2D eigenvalue weighted by atomic mass is 9.93. The van der Waals surface area contributed by atoms with E-state index in [0.717, 1.165) is 25.8 Å². The van der Waals surface area contributed by atoms with Gasteiger partial charge in [0.1, 0.15) is 18.1 Å². The molecule has 208 valence electrons. The number of esters is 1. The van der Waals surface area contributed by atoms with Crippen molar-refractivity contribution >= 4 is 35.2 Å². The number of nitrogens with one attached hydrogen (secondary N) is 2. The number of carbonyl (C=O) groups excluding carboxylic acids is 2. The molecule has 0 saturated carbocycles. The first-order valence-electron chi connectivity index (χ1n) is 12.9. The number of rotatable bonds is 12. The monoisotopic (exact) mass is 558 g/mol. The van der Waals surface area contributed by atoms with Gasteiger partial charge in [-0.3, -0.25) is 4.79 Å². The van der Waals surface area contributed by atoms with Crippen LogP contribution in [0.25, 0.3) is 0 Å². The third kappa shape index (κ3) is 8.54. The minimum atomic E-state index is -0.986. The molecule has 0 aliphatic carbocycles. The SMILES string of the molecule is CCC[C@H]1CN[C@H](C(=O)N[C@@H]([C@H]2O[C@H](SCCOC(=O)c3cccc(Cl)c3)[C@H](O)C[C@H]2O)[C@@H](C)OC)C1. The minimum absolute atomic E-state index is 0.0910. The Labute approximate surface area is 227 Å². The zero-order chi connectivity index (χ0) is 26.9. The zero-order valence-electron chi connectivity index (χ0n) is 21.6. The highest BCUT2D eigenvalue weighted by molar-refractivity contribution is 7.99. The molecule has 11 heteroatoms. The van der Waals surface area contributed by atoms with Gasteiger partial charge in [0.05, 0.1) is 36.0 Å². The van der Waals surface area contributed by atoms with Gasteiger partial charge in [0.15, 0.2) is 0 Å². The van der Waals surface area contributed by atoms with Crippen molar-refractivity contribution in [1.82, 2.24) is 10.6 Å². The summed E-state index contributed by atoms with van der Waals surface area (Å²) in [4.78, 5) is 25.3. The molecule has 0 unspecified atom stereocenters. The maximum atomic E-state index is 13.1. The predicted molar refractivity (Wildman–Crippen MR) is 143 cm³/mol. The molecule has 0 radical (unpaired) electrons. The van der Waals surface area contributed by atoms with Crippen molar-refractivity contribution in [1.29, 1.82) is 0 Å². The zero-order valence-corrected chi connectivity index (χ0v) is 23.2. The molecule has 1 aromatic rings. The standard InChI is InChI=1S/C26H39ClN2O7S/c1-4-6-16-11-19(28-14-16)24(32)29-22(15(2)34-3)23-20(30)13-21(31)26(36-23)37-10-9-35-25(33)17-7-5-8-18(27)12-17/h5,7-8,12,15-16,19-23,26,28,30-31H,4,6,9-11,13-14H2,1-3H3,(H,29,32)/t15-,16-,19+,20-,21-,22-,23+,26-/m1/s1. The van der Waals surface area contributed by atoms with E-state index in [1.54, 1.807) is 25.3 Å². The number of aliphatic hydroxyl groups is 2. The van der Waals surface area contributed by atoms with Crippen molar-refractivity contribution in [2.45, 2.75) is 81.5 Å². The second kappa shape index (κ2) is 14.7. The fraction of sp³-hybridized carbons (Fsp3) is 0.692. The molecule has 2 fully saturated rings. The molecule has 2 aliphatic heterocycles. The van der Waals surface area contributed by atoms with Gasteiger partial charge in [-0.05, 0) is 50.4 Å². The molecule has 8 atom stereocenters. The third-order valence-electron chi connectivity index (χ3n) is 6.90.